The Morgan fingerprint density at radius 3 is 2.00 bits per heavy atom. The second kappa shape index (κ2) is 8.33. The van der Waals surface area contributed by atoms with Gasteiger partial charge in [0.1, 0.15) is 5.69 Å². The standard InChI is InChI=1S/C15H13N5O7/c21-15(10-7-11(18(22)23)9-12(8-10)19(24)25)17-6-5-16-13-3-1-2-4-14(13)20(26)27/h1-4,7-9,16H,5-6H2,(H,17,21). The maximum absolute atomic E-state index is 12.1. The van der Waals surface area contributed by atoms with E-state index >= 15 is 0 Å². The van der Waals surface area contributed by atoms with Crippen molar-refractivity contribution in [1.82, 2.24) is 5.32 Å². The predicted octanol–water partition coefficient (Wildman–Crippen LogP) is 2.25. The zero-order chi connectivity index (χ0) is 20.0. The molecule has 0 aliphatic rings. The monoisotopic (exact) mass is 375 g/mol. The van der Waals surface area contributed by atoms with Crippen LogP contribution in [-0.2, 0) is 0 Å². The van der Waals surface area contributed by atoms with Crippen molar-refractivity contribution in [3.8, 4) is 0 Å². The molecule has 0 bridgehead atoms. The minimum atomic E-state index is -0.833. The van der Waals surface area contributed by atoms with E-state index in [-0.39, 0.29) is 30.0 Å². The average molecular weight is 375 g/mol. The molecule has 2 aromatic rings. The molecule has 0 fully saturated rings. The van der Waals surface area contributed by atoms with Crippen molar-refractivity contribution < 1.29 is 19.6 Å². The number of nitrogens with one attached hydrogen (secondary N) is 2. The first-order valence-electron chi connectivity index (χ1n) is 7.49. The lowest BCUT2D eigenvalue weighted by Gasteiger charge is -2.08. The Kier molecular flexibility index (Phi) is 5.94. The van der Waals surface area contributed by atoms with Crippen LogP contribution in [0.25, 0.3) is 0 Å². The Bertz CT molecular complexity index is 883. The molecule has 0 atom stereocenters. The molecule has 2 N–H and O–H groups in total. The average Bonchev–Trinajstić information content (AvgIpc) is 2.64. The molecule has 0 spiro atoms. The van der Waals surface area contributed by atoms with Crippen LogP contribution in [0.15, 0.2) is 42.5 Å². The van der Waals surface area contributed by atoms with Gasteiger partial charge in [0.05, 0.1) is 26.4 Å². The summed E-state index contributed by atoms with van der Waals surface area (Å²) in [6.45, 7) is 0.162. The minimum absolute atomic E-state index is 0.0291. The van der Waals surface area contributed by atoms with E-state index in [1.54, 1.807) is 6.07 Å². The van der Waals surface area contributed by atoms with Crippen molar-refractivity contribution in [1.29, 1.82) is 0 Å². The van der Waals surface area contributed by atoms with Crippen molar-refractivity contribution in [2.45, 2.75) is 0 Å². The number of carbonyl (C=O) groups is 1. The van der Waals surface area contributed by atoms with Gasteiger partial charge >= 0.3 is 0 Å². The van der Waals surface area contributed by atoms with Gasteiger partial charge in [0.25, 0.3) is 23.0 Å². The molecule has 27 heavy (non-hydrogen) atoms. The highest BCUT2D eigenvalue weighted by molar-refractivity contribution is 5.95. The molecule has 0 heterocycles. The zero-order valence-electron chi connectivity index (χ0n) is 13.7. The van der Waals surface area contributed by atoms with Gasteiger partial charge in [0.2, 0.25) is 0 Å². The van der Waals surface area contributed by atoms with Crippen LogP contribution in [0.2, 0.25) is 0 Å². The van der Waals surface area contributed by atoms with Gasteiger partial charge in [0.15, 0.2) is 0 Å². The van der Waals surface area contributed by atoms with Crippen LogP contribution in [0.5, 0.6) is 0 Å². The van der Waals surface area contributed by atoms with Crippen LogP contribution in [-0.4, -0.2) is 33.8 Å². The van der Waals surface area contributed by atoms with Crippen LogP contribution >= 0.6 is 0 Å². The van der Waals surface area contributed by atoms with Gasteiger partial charge < -0.3 is 10.6 Å². The summed E-state index contributed by atoms with van der Waals surface area (Å²) in [5.74, 6) is -0.744. The van der Waals surface area contributed by atoms with Gasteiger partial charge in [-0.3, -0.25) is 35.1 Å². The van der Waals surface area contributed by atoms with E-state index in [9.17, 15) is 35.1 Å². The van der Waals surface area contributed by atoms with Crippen LogP contribution in [0.1, 0.15) is 10.4 Å². The van der Waals surface area contributed by atoms with Gasteiger partial charge in [0, 0.05) is 31.3 Å². The Labute approximate surface area is 151 Å². The lowest BCUT2D eigenvalue weighted by Crippen LogP contribution is -2.29. The minimum Gasteiger partial charge on any atom is -0.378 e. The number of benzene rings is 2. The second-order valence-electron chi connectivity index (χ2n) is 5.21. The number of amides is 1. The molecule has 0 aliphatic heterocycles. The number of para-hydroxylation sites is 2. The first-order valence-corrected chi connectivity index (χ1v) is 7.49. The first-order chi connectivity index (χ1) is 12.8. The van der Waals surface area contributed by atoms with E-state index in [1.165, 1.54) is 18.2 Å². The Morgan fingerprint density at radius 1 is 0.852 bits per heavy atom. The smallest absolute Gasteiger partial charge is 0.292 e. The summed E-state index contributed by atoms with van der Waals surface area (Å²) >= 11 is 0. The van der Waals surface area contributed by atoms with Gasteiger partial charge in [-0.15, -0.1) is 0 Å². The van der Waals surface area contributed by atoms with E-state index in [2.05, 4.69) is 10.6 Å². The topological polar surface area (TPSA) is 171 Å². The summed E-state index contributed by atoms with van der Waals surface area (Å²) in [5, 5.41) is 37.8. The Balaban J connectivity index is 2.01. The van der Waals surface area contributed by atoms with Crippen molar-refractivity contribution in [3.63, 3.8) is 0 Å². The third kappa shape index (κ3) is 4.94. The largest absolute Gasteiger partial charge is 0.378 e. The van der Waals surface area contributed by atoms with Gasteiger partial charge in [-0.25, -0.2) is 0 Å². The molecule has 0 saturated carbocycles. The molecule has 0 aromatic heterocycles. The van der Waals surface area contributed by atoms with Crippen molar-refractivity contribution in [3.05, 3.63) is 78.4 Å². The van der Waals surface area contributed by atoms with Crippen LogP contribution < -0.4 is 10.6 Å². The summed E-state index contributed by atoms with van der Waals surface area (Å²) < 4.78 is 0. The predicted molar refractivity (Wildman–Crippen MR) is 93.7 cm³/mol. The third-order valence-electron chi connectivity index (χ3n) is 3.41. The van der Waals surface area contributed by atoms with Crippen molar-refractivity contribution >= 4 is 28.7 Å². The number of rotatable bonds is 8. The molecule has 12 heteroatoms. The van der Waals surface area contributed by atoms with Gasteiger partial charge in [-0.1, -0.05) is 12.1 Å². The highest BCUT2D eigenvalue weighted by Crippen LogP contribution is 2.23. The quantitative estimate of drug-likeness (QED) is 0.402. The summed E-state index contributed by atoms with van der Waals surface area (Å²) in [6.07, 6.45) is 0. The molecule has 0 saturated heterocycles. The number of nitrogens with zero attached hydrogens (tertiary/aromatic N) is 3. The summed E-state index contributed by atoms with van der Waals surface area (Å²) in [7, 11) is 0. The maximum Gasteiger partial charge on any atom is 0.292 e. The van der Waals surface area contributed by atoms with Crippen molar-refractivity contribution in [2.24, 2.45) is 0 Å². The number of hydrogen-bond donors (Lipinski definition) is 2. The fourth-order valence-corrected chi connectivity index (χ4v) is 2.19. The lowest BCUT2D eigenvalue weighted by atomic mass is 10.1. The number of carbonyl (C=O) groups excluding carboxylic acids is 1. The maximum atomic E-state index is 12.1. The summed E-state index contributed by atoms with van der Waals surface area (Å²) in [4.78, 5) is 42.5. The van der Waals surface area contributed by atoms with E-state index in [4.69, 9.17) is 0 Å². The zero-order valence-corrected chi connectivity index (χ0v) is 13.7. The van der Waals surface area contributed by atoms with E-state index < -0.39 is 32.1 Å². The molecule has 0 aliphatic carbocycles. The van der Waals surface area contributed by atoms with Crippen LogP contribution in [0, 0.1) is 30.3 Å². The third-order valence-corrected chi connectivity index (χ3v) is 3.41. The van der Waals surface area contributed by atoms with E-state index in [0.29, 0.717) is 0 Å². The molecule has 2 rings (SSSR count). The highest BCUT2D eigenvalue weighted by Gasteiger charge is 2.19. The van der Waals surface area contributed by atoms with Crippen LogP contribution in [0.4, 0.5) is 22.7 Å². The van der Waals surface area contributed by atoms with Crippen LogP contribution in [0.3, 0.4) is 0 Å². The Morgan fingerprint density at radius 2 is 1.44 bits per heavy atom. The van der Waals surface area contributed by atoms with E-state index in [1.807, 2.05) is 0 Å². The van der Waals surface area contributed by atoms with Gasteiger partial charge in [-0.2, -0.15) is 0 Å². The molecule has 0 radical (unpaired) electrons. The number of nitro groups is 3. The molecule has 140 valence electrons. The molecule has 0 unspecified atom stereocenters. The number of hydrogen-bond acceptors (Lipinski definition) is 8. The number of anilines is 1. The molecular weight excluding hydrogens is 362 g/mol. The van der Waals surface area contributed by atoms with Gasteiger partial charge in [-0.05, 0) is 6.07 Å². The fraction of sp³-hybridized carbons (Fsp3) is 0.133. The summed E-state index contributed by atoms with van der Waals surface area (Å²) in [5.41, 5.74) is -1.25. The number of nitro benzene ring substituents is 3. The molecule has 1 amide bonds. The molecule has 2 aromatic carbocycles. The normalized spacial score (nSPS) is 10.1. The summed E-state index contributed by atoms with van der Waals surface area (Å²) in [6, 6.07) is 8.56. The fourth-order valence-electron chi connectivity index (χ4n) is 2.19. The Hall–Kier alpha value is -4.09. The SMILES string of the molecule is O=C(NCCNc1ccccc1[N+](=O)[O-])c1cc([N+](=O)[O-])cc([N+](=O)[O-])c1. The lowest BCUT2D eigenvalue weighted by molar-refractivity contribution is -0.394. The molecular formula is C15H13N5O7. The van der Waals surface area contributed by atoms with Crippen molar-refractivity contribution in [2.75, 3.05) is 18.4 Å². The highest BCUT2D eigenvalue weighted by atomic mass is 16.6. The van der Waals surface area contributed by atoms with E-state index in [0.717, 1.165) is 18.2 Å². The molecule has 12 nitrogen and oxygen atoms in total. The number of non-ortho nitro benzene ring substituents is 2. The second-order valence-corrected chi connectivity index (χ2v) is 5.21. The first kappa shape index (κ1) is 19.2.